The van der Waals surface area contributed by atoms with Crippen LogP contribution in [0.1, 0.15) is 26.7 Å². The molecule has 0 aromatic heterocycles. The summed E-state index contributed by atoms with van der Waals surface area (Å²) in [5, 5.41) is 0.779. The van der Waals surface area contributed by atoms with Crippen molar-refractivity contribution in [1.82, 2.24) is 0 Å². The number of nitrogens with zero attached hydrogens (tertiary/aromatic N) is 1. The molecule has 2 atom stereocenters. The molecule has 0 fully saturated rings. The maximum absolute atomic E-state index is 5.63. The molecule has 0 radical (unpaired) electrons. The zero-order chi connectivity index (χ0) is 8.27. The lowest BCUT2D eigenvalue weighted by atomic mass is 9.97. The van der Waals surface area contributed by atoms with E-state index in [1.165, 1.54) is 6.42 Å². The summed E-state index contributed by atoms with van der Waals surface area (Å²) in [7, 11) is 0. The molecule has 11 heavy (non-hydrogen) atoms. The SMILES string of the molecule is CC[C@@H]1CSC(N)=N[C@H]1CC. The van der Waals surface area contributed by atoms with E-state index in [0.29, 0.717) is 6.04 Å². The second-order valence-electron chi connectivity index (χ2n) is 2.92. The highest BCUT2D eigenvalue weighted by Gasteiger charge is 2.22. The average Bonchev–Trinajstić information content (AvgIpc) is 2.04. The number of rotatable bonds is 2. The van der Waals surface area contributed by atoms with E-state index in [4.69, 9.17) is 5.73 Å². The number of nitrogens with two attached hydrogens (primary N) is 1. The Morgan fingerprint density at radius 2 is 2.27 bits per heavy atom. The fourth-order valence-corrected chi connectivity index (χ4v) is 2.48. The van der Waals surface area contributed by atoms with Gasteiger partial charge in [0.15, 0.2) is 5.17 Å². The summed E-state index contributed by atoms with van der Waals surface area (Å²) in [4.78, 5) is 4.41. The second kappa shape index (κ2) is 4.00. The van der Waals surface area contributed by atoms with Crippen LogP contribution in [-0.2, 0) is 0 Å². The summed E-state index contributed by atoms with van der Waals surface area (Å²) >= 11 is 1.70. The van der Waals surface area contributed by atoms with Crippen molar-refractivity contribution in [2.45, 2.75) is 32.7 Å². The molecular weight excluding hydrogens is 156 g/mol. The van der Waals surface area contributed by atoms with Crippen LogP contribution in [0.2, 0.25) is 0 Å². The Hall–Kier alpha value is -0.180. The minimum Gasteiger partial charge on any atom is -0.379 e. The Kier molecular flexibility index (Phi) is 3.24. The fraction of sp³-hybridized carbons (Fsp3) is 0.875. The van der Waals surface area contributed by atoms with Gasteiger partial charge in [-0.2, -0.15) is 0 Å². The zero-order valence-corrected chi connectivity index (χ0v) is 8.03. The van der Waals surface area contributed by atoms with Crippen molar-refractivity contribution < 1.29 is 0 Å². The topological polar surface area (TPSA) is 38.4 Å². The summed E-state index contributed by atoms with van der Waals surface area (Å²) in [5.74, 6) is 1.90. The van der Waals surface area contributed by atoms with Gasteiger partial charge in [0.1, 0.15) is 0 Å². The Balaban J connectivity index is 2.59. The van der Waals surface area contributed by atoms with Gasteiger partial charge in [-0.1, -0.05) is 32.0 Å². The first kappa shape index (κ1) is 8.91. The van der Waals surface area contributed by atoms with Crippen LogP contribution >= 0.6 is 11.8 Å². The van der Waals surface area contributed by atoms with E-state index in [-0.39, 0.29) is 0 Å². The third kappa shape index (κ3) is 2.12. The molecule has 0 aliphatic carbocycles. The van der Waals surface area contributed by atoms with Crippen LogP contribution in [0.25, 0.3) is 0 Å². The molecule has 1 heterocycles. The number of aliphatic imine (C=N–C) groups is 1. The first-order valence-electron chi connectivity index (χ1n) is 4.24. The quantitative estimate of drug-likeness (QED) is 0.690. The maximum atomic E-state index is 5.63. The van der Waals surface area contributed by atoms with Gasteiger partial charge < -0.3 is 5.73 Å². The minimum atomic E-state index is 0.487. The molecule has 0 bridgehead atoms. The van der Waals surface area contributed by atoms with Crippen LogP contribution in [-0.4, -0.2) is 17.0 Å². The molecule has 0 spiro atoms. The lowest BCUT2D eigenvalue weighted by Crippen LogP contribution is -2.28. The van der Waals surface area contributed by atoms with Crippen molar-refractivity contribution in [2.24, 2.45) is 16.6 Å². The van der Waals surface area contributed by atoms with E-state index in [1.807, 2.05) is 0 Å². The molecule has 0 aromatic carbocycles. The monoisotopic (exact) mass is 172 g/mol. The highest BCUT2D eigenvalue weighted by molar-refractivity contribution is 8.13. The van der Waals surface area contributed by atoms with E-state index < -0.39 is 0 Å². The smallest absolute Gasteiger partial charge is 0.154 e. The number of thioether (sulfide) groups is 1. The summed E-state index contributed by atoms with van der Waals surface area (Å²) in [6.07, 6.45) is 2.35. The van der Waals surface area contributed by atoms with E-state index in [2.05, 4.69) is 18.8 Å². The first-order valence-corrected chi connectivity index (χ1v) is 5.22. The largest absolute Gasteiger partial charge is 0.379 e. The van der Waals surface area contributed by atoms with Crippen LogP contribution in [0.15, 0.2) is 4.99 Å². The lowest BCUT2D eigenvalue weighted by molar-refractivity contribution is 0.439. The van der Waals surface area contributed by atoms with Gasteiger partial charge >= 0.3 is 0 Å². The molecule has 0 unspecified atom stereocenters. The van der Waals surface area contributed by atoms with Crippen LogP contribution < -0.4 is 5.73 Å². The van der Waals surface area contributed by atoms with Crippen molar-refractivity contribution in [2.75, 3.05) is 5.75 Å². The Labute approximate surface area is 72.6 Å². The lowest BCUT2D eigenvalue weighted by Gasteiger charge is -2.25. The summed E-state index contributed by atoms with van der Waals surface area (Å²) in [6.45, 7) is 4.41. The van der Waals surface area contributed by atoms with Crippen LogP contribution in [0.3, 0.4) is 0 Å². The van der Waals surface area contributed by atoms with Gasteiger partial charge in [-0.25, -0.2) is 0 Å². The van der Waals surface area contributed by atoms with Gasteiger partial charge in [-0.05, 0) is 12.3 Å². The van der Waals surface area contributed by atoms with E-state index in [9.17, 15) is 0 Å². The van der Waals surface area contributed by atoms with Crippen molar-refractivity contribution >= 4 is 16.9 Å². The number of amidine groups is 1. The predicted molar refractivity (Wildman–Crippen MR) is 51.9 cm³/mol. The molecule has 2 N–H and O–H groups in total. The summed E-state index contributed by atoms with van der Waals surface area (Å²) in [5.41, 5.74) is 5.63. The molecule has 0 saturated carbocycles. The van der Waals surface area contributed by atoms with Gasteiger partial charge in [0.05, 0.1) is 6.04 Å². The van der Waals surface area contributed by atoms with Crippen molar-refractivity contribution in [3.05, 3.63) is 0 Å². The molecule has 0 saturated heterocycles. The predicted octanol–water partition coefficient (Wildman–Crippen LogP) is 1.85. The van der Waals surface area contributed by atoms with Crippen LogP contribution in [0, 0.1) is 5.92 Å². The average molecular weight is 172 g/mol. The van der Waals surface area contributed by atoms with Gasteiger partial charge in [0.25, 0.3) is 0 Å². The highest BCUT2D eigenvalue weighted by atomic mass is 32.2. The third-order valence-electron chi connectivity index (χ3n) is 2.23. The van der Waals surface area contributed by atoms with Crippen molar-refractivity contribution in [3.63, 3.8) is 0 Å². The van der Waals surface area contributed by atoms with Crippen molar-refractivity contribution in [1.29, 1.82) is 0 Å². The third-order valence-corrected chi connectivity index (χ3v) is 3.22. The number of hydrogen-bond donors (Lipinski definition) is 1. The van der Waals surface area contributed by atoms with E-state index in [1.54, 1.807) is 11.8 Å². The molecule has 3 heteroatoms. The molecule has 2 nitrogen and oxygen atoms in total. The molecule has 0 amide bonds. The summed E-state index contributed by atoms with van der Waals surface area (Å²) < 4.78 is 0. The fourth-order valence-electron chi connectivity index (χ4n) is 1.42. The summed E-state index contributed by atoms with van der Waals surface area (Å²) in [6, 6.07) is 0.487. The Bertz CT molecular complexity index is 156. The van der Waals surface area contributed by atoms with Crippen LogP contribution in [0.5, 0.6) is 0 Å². The minimum absolute atomic E-state index is 0.487. The maximum Gasteiger partial charge on any atom is 0.154 e. The van der Waals surface area contributed by atoms with Gasteiger partial charge in [0, 0.05) is 5.75 Å². The van der Waals surface area contributed by atoms with E-state index in [0.717, 1.165) is 23.3 Å². The standard InChI is InChI=1S/C8H16N2S/c1-3-6-5-11-8(9)10-7(6)4-2/h6-7H,3-5H2,1-2H3,(H2,9,10)/t6-,7+/m1/s1. The Morgan fingerprint density at radius 1 is 1.55 bits per heavy atom. The van der Waals surface area contributed by atoms with Gasteiger partial charge in [0.2, 0.25) is 0 Å². The van der Waals surface area contributed by atoms with Crippen LogP contribution in [0.4, 0.5) is 0 Å². The molecule has 0 aromatic rings. The first-order chi connectivity index (χ1) is 5.27. The molecule has 1 rings (SSSR count). The van der Waals surface area contributed by atoms with Crippen molar-refractivity contribution in [3.8, 4) is 0 Å². The normalized spacial score (nSPS) is 31.6. The van der Waals surface area contributed by atoms with Gasteiger partial charge in [-0.15, -0.1) is 0 Å². The Morgan fingerprint density at radius 3 is 2.82 bits per heavy atom. The van der Waals surface area contributed by atoms with Gasteiger partial charge in [-0.3, -0.25) is 4.99 Å². The highest BCUT2D eigenvalue weighted by Crippen LogP contribution is 2.25. The van der Waals surface area contributed by atoms with E-state index >= 15 is 0 Å². The molecule has 1 aliphatic rings. The number of hydrogen-bond acceptors (Lipinski definition) is 3. The zero-order valence-electron chi connectivity index (χ0n) is 7.21. The molecule has 1 aliphatic heterocycles. The second-order valence-corrected chi connectivity index (χ2v) is 3.96. The molecule has 64 valence electrons. The molecular formula is C8H16N2S.